The topological polar surface area (TPSA) is 55.4 Å². The van der Waals surface area contributed by atoms with Gasteiger partial charge in [0.15, 0.2) is 6.10 Å². The van der Waals surface area contributed by atoms with E-state index in [9.17, 15) is 9.59 Å². The molecule has 126 valence electrons. The highest BCUT2D eigenvalue weighted by Crippen LogP contribution is 2.21. The number of nitrogens with one attached hydrogen (secondary N) is 1. The molecule has 1 N–H and O–H groups in total. The number of carbonyl (C=O) groups is 2. The summed E-state index contributed by atoms with van der Waals surface area (Å²) in [4.78, 5) is 24.1. The summed E-state index contributed by atoms with van der Waals surface area (Å²) in [6.07, 6.45) is -0.943. The van der Waals surface area contributed by atoms with Crippen molar-refractivity contribution in [3.63, 3.8) is 0 Å². The Kier molecular flexibility index (Phi) is 6.23. The van der Waals surface area contributed by atoms with Crippen LogP contribution in [0.5, 0.6) is 0 Å². The van der Waals surface area contributed by atoms with E-state index < -0.39 is 18.0 Å². The predicted molar refractivity (Wildman–Crippen MR) is 95.5 cm³/mol. The Bertz CT molecular complexity index is 762. The van der Waals surface area contributed by atoms with Gasteiger partial charge >= 0.3 is 5.97 Å². The number of esters is 1. The van der Waals surface area contributed by atoms with Gasteiger partial charge in [0.05, 0.1) is 6.42 Å². The molecule has 24 heavy (non-hydrogen) atoms. The van der Waals surface area contributed by atoms with E-state index in [-0.39, 0.29) is 6.42 Å². The first kappa shape index (κ1) is 18.3. The fraction of sp³-hybridized carbons (Fsp3) is 0.222. The molecule has 2 aromatic carbocycles. The van der Waals surface area contributed by atoms with Crippen molar-refractivity contribution in [3.8, 4) is 0 Å². The molecule has 0 aromatic heterocycles. The standard InChI is InChI=1S/C18H17Cl2NO3/c1-11-4-3-5-15(8-11)21-18(23)12(2)24-17(22)9-13-6-7-14(19)10-16(13)20/h3-8,10,12H,9H2,1-2H3,(H,21,23)/t12-/m0/s1. The van der Waals surface area contributed by atoms with Crippen molar-refractivity contribution < 1.29 is 14.3 Å². The van der Waals surface area contributed by atoms with Gasteiger partial charge in [0, 0.05) is 15.7 Å². The van der Waals surface area contributed by atoms with Crippen molar-refractivity contribution in [2.24, 2.45) is 0 Å². The number of ether oxygens (including phenoxy) is 1. The molecule has 4 nitrogen and oxygen atoms in total. The highest BCUT2D eigenvalue weighted by molar-refractivity contribution is 6.35. The second kappa shape index (κ2) is 8.18. The number of amides is 1. The average molecular weight is 366 g/mol. The van der Waals surface area contributed by atoms with Gasteiger partial charge in [0.1, 0.15) is 0 Å². The van der Waals surface area contributed by atoms with Crippen LogP contribution in [0.4, 0.5) is 5.69 Å². The number of anilines is 1. The molecule has 0 heterocycles. The van der Waals surface area contributed by atoms with Crippen LogP contribution >= 0.6 is 23.2 Å². The van der Waals surface area contributed by atoms with Crippen molar-refractivity contribution >= 4 is 40.8 Å². The first-order chi connectivity index (χ1) is 11.3. The SMILES string of the molecule is Cc1cccc(NC(=O)[C@H](C)OC(=O)Cc2ccc(Cl)cc2Cl)c1. The van der Waals surface area contributed by atoms with E-state index in [1.54, 1.807) is 24.3 Å². The fourth-order valence-electron chi connectivity index (χ4n) is 2.08. The van der Waals surface area contributed by atoms with Gasteiger partial charge < -0.3 is 10.1 Å². The van der Waals surface area contributed by atoms with Crippen molar-refractivity contribution in [1.82, 2.24) is 0 Å². The third-order valence-electron chi connectivity index (χ3n) is 3.31. The summed E-state index contributed by atoms with van der Waals surface area (Å²) in [6, 6.07) is 12.2. The zero-order valence-electron chi connectivity index (χ0n) is 13.3. The molecule has 0 aliphatic rings. The van der Waals surface area contributed by atoms with Gasteiger partial charge in [-0.15, -0.1) is 0 Å². The van der Waals surface area contributed by atoms with Crippen LogP contribution in [-0.4, -0.2) is 18.0 Å². The number of carbonyl (C=O) groups excluding carboxylic acids is 2. The molecule has 6 heteroatoms. The van der Waals surface area contributed by atoms with Crippen molar-refractivity contribution in [3.05, 3.63) is 63.6 Å². The lowest BCUT2D eigenvalue weighted by Crippen LogP contribution is -2.30. The Morgan fingerprint density at radius 2 is 1.92 bits per heavy atom. The molecule has 2 aromatic rings. The van der Waals surface area contributed by atoms with Crippen LogP contribution in [0.3, 0.4) is 0 Å². The largest absolute Gasteiger partial charge is 0.452 e. The minimum Gasteiger partial charge on any atom is -0.452 e. The van der Waals surface area contributed by atoms with E-state index in [4.69, 9.17) is 27.9 Å². The summed E-state index contributed by atoms with van der Waals surface area (Å²) < 4.78 is 5.16. The smallest absolute Gasteiger partial charge is 0.311 e. The van der Waals surface area contributed by atoms with E-state index >= 15 is 0 Å². The summed E-state index contributed by atoms with van der Waals surface area (Å²) in [6.45, 7) is 3.45. The maximum Gasteiger partial charge on any atom is 0.311 e. The van der Waals surface area contributed by atoms with E-state index in [0.29, 0.717) is 21.3 Å². The summed E-state index contributed by atoms with van der Waals surface area (Å²) >= 11 is 11.8. The normalized spacial score (nSPS) is 11.7. The molecule has 0 saturated carbocycles. The number of benzene rings is 2. The predicted octanol–water partition coefficient (Wildman–Crippen LogP) is 4.41. The second-order valence-electron chi connectivity index (χ2n) is 5.40. The van der Waals surface area contributed by atoms with Crippen molar-refractivity contribution in [2.45, 2.75) is 26.4 Å². The van der Waals surface area contributed by atoms with Crippen LogP contribution in [0, 0.1) is 6.92 Å². The maximum absolute atomic E-state index is 12.1. The number of hydrogen-bond acceptors (Lipinski definition) is 3. The highest BCUT2D eigenvalue weighted by Gasteiger charge is 2.19. The molecule has 0 aliphatic carbocycles. The van der Waals surface area contributed by atoms with Gasteiger partial charge in [-0.2, -0.15) is 0 Å². The molecule has 0 spiro atoms. The monoisotopic (exact) mass is 365 g/mol. The van der Waals surface area contributed by atoms with Gasteiger partial charge in [-0.3, -0.25) is 9.59 Å². The van der Waals surface area contributed by atoms with Crippen LogP contribution < -0.4 is 5.32 Å². The molecule has 0 fully saturated rings. The Hall–Kier alpha value is -2.04. The summed E-state index contributed by atoms with van der Waals surface area (Å²) in [7, 11) is 0. The van der Waals surface area contributed by atoms with Gasteiger partial charge in [0.2, 0.25) is 0 Å². The molecular weight excluding hydrogens is 349 g/mol. The molecule has 0 bridgehead atoms. The highest BCUT2D eigenvalue weighted by atomic mass is 35.5. The number of hydrogen-bond donors (Lipinski definition) is 1. The van der Waals surface area contributed by atoms with Gasteiger partial charge in [-0.05, 0) is 49.2 Å². The first-order valence-corrected chi connectivity index (χ1v) is 8.11. The van der Waals surface area contributed by atoms with Gasteiger partial charge in [-0.25, -0.2) is 0 Å². The quantitative estimate of drug-likeness (QED) is 0.798. The third-order valence-corrected chi connectivity index (χ3v) is 3.90. The first-order valence-electron chi connectivity index (χ1n) is 7.36. The summed E-state index contributed by atoms with van der Waals surface area (Å²) in [5, 5.41) is 3.59. The van der Waals surface area contributed by atoms with E-state index in [0.717, 1.165) is 5.56 Å². The van der Waals surface area contributed by atoms with E-state index in [2.05, 4.69) is 5.32 Å². The molecule has 0 saturated heterocycles. The molecule has 0 unspecified atom stereocenters. The molecular formula is C18H17Cl2NO3. The van der Waals surface area contributed by atoms with Crippen LogP contribution in [0.25, 0.3) is 0 Å². The Labute approximate surface area is 150 Å². The maximum atomic E-state index is 12.1. The zero-order valence-corrected chi connectivity index (χ0v) is 14.8. The molecule has 1 atom stereocenters. The summed E-state index contributed by atoms with van der Waals surface area (Å²) in [5.74, 6) is -0.928. The van der Waals surface area contributed by atoms with E-state index in [1.807, 2.05) is 25.1 Å². The lowest BCUT2D eigenvalue weighted by Gasteiger charge is -2.14. The van der Waals surface area contributed by atoms with E-state index in [1.165, 1.54) is 6.92 Å². The lowest BCUT2D eigenvalue weighted by molar-refractivity contribution is -0.152. The third kappa shape index (κ3) is 5.25. The van der Waals surface area contributed by atoms with Gasteiger partial charge in [0.25, 0.3) is 5.91 Å². The second-order valence-corrected chi connectivity index (χ2v) is 6.25. The van der Waals surface area contributed by atoms with Crippen LogP contribution in [0.1, 0.15) is 18.1 Å². The minimum atomic E-state index is -0.913. The van der Waals surface area contributed by atoms with Crippen LogP contribution in [0.2, 0.25) is 10.0 Å². The molecule has 1 amide bonds. The number of aryl methyl sites for hydroxylation is 1. The number of rotatable bonds is 5. The lowest BCUT2D eigenvalue weighted by atomic mass is 10.1. The molecule has 0 aliphatic heterocycles. The van der Waals surface area contributed by atoms with Crippen LogP contribution in [-0.2, 0) is 20.7 Å². The average Bonchev–Trinajstić information content (AvgIpc) is 2.50. The molecule has 2 rings (SSSR count). The fourth-order valence-corrected chi connectivity index (χ4v) is 2.55. The Morgan fingerprint density at radius 3 is 2.58 bits per heavy atom. The van der Waals surface area contributed by atoms with Crippen molar-refractivity contribution in [2.75, 3.05) is 5.32 Å². The Balaban J connectivity index is 1.92. The minimum absolute atomic E-state index is 0.0297. The zero-order chi connectivity index (χ0) is 17.7. The van der Waals surface area contributed by atoms with Crippen LogP contribution in [0.15, 0.2) is 42.5 Å². The van der Waals surface area contributed by atoms with Gasteiger partial charge in [-0.1, -0.05) is 41.4 Å². The summed E-state index contributed by atoms with van der Waals surface area (Å²) in [5.41, 5.74) is 2.27. The van der Waals surface area contributed by atoms with Crippen molar-refractivity contribution in [1.29, 1.82) is 0 Å². The number of halogens is 2. The Morgan fingerprint density at radius 1 is 1.17 bits per heavy atom. The molecule has 0 radical (unpaired) electrons.